The van der Waals surface area contributed by atoms with Crippen molar-refractivity contribution >= 4 is 41.0 Å². The topological polar surface area (TPSA) is 61.8 Å². The monoisotopic (exact) mass is 434 g/mol. The van der Waals surface area contributed by atoms with Crippen LogP contribution < -0.4 is 9.47 Å². The molecule has 0 unspecified atom stereocenters. The van der Waals surface area contributed by atoms with Crippen LogP contribution in [0.3, 0.4) is 0 Å². The van der Waals surface area contributed by atoms with E-state index >= 15 is 0 Å². The molecule has 3 rings (SSSR count). The average molecular weight is 435 g/mol. The van der Waals surface area contributed by atoms with Gasteiger partial charge in [-0.3, -0.25) is 4.79 Å². The molecule has 0 radical (unpaired) electrons. The van der Waals surface area contributed by atoms with E-state index in [1.54, 1.807) is 64.1 Å². The lowest BCUT2D eigenvalue weighted by Crippen LogP contribution is -2.27. The van der Waals surface area contributed by atoms with Crippen molar-refractivity contribution in [1.29, 1.82) is 0 Å². The molecule has 0 aliphatic carbocycles. The first-order valence-electron chi connectivity index (χ1n) is 8.92. The van der Waals surface area contributed by atoms with E-state index in [-0.39, 0.29) is 18.1 Å². The van der Waals surface area contributed by atoms with Gasteiger partial charge < -0.3 is 14.2 Å². The Hall–Kier alpha value is -2.50. The Balaban J connectivity index is 1.79. The number of ether oxygens (including phenoxy) is 3. The minimum Gasteiger partial charge on any atom is -0.482 e. The Morgan fingerprint density at radius 3 is 2.52 bits per heavy atom. The lowest BCUT2D eigenvalue weighted by atomic mass is 10.0. The molecule has 2 aromatic rings. The number of hydrogen-bond acceptors (Lipinski definition) is 5. The normalized spacial score (nSPS) is 14.6. The molecule has 0 spiro atoms. The maximum absolute atomic E-state index is 12.7. The van der Waals surface area contributed by atoms with Gasteiger partial charge in [0.2, 0.25) is 5.78 Å². The van der Waals surface area contributed by atoms with Gasteiger partial charge in [-0.05, 0) is 63.1 Å². The minimum absolute atomic E-state index is 0.172. The van der Waals surface area contributed by atoms with E-state index in [2.05, 4.69) is 0 Å². The number of halogens is 2. The molecule has 1 aliphatic rings. The van der Waals surface area contributed by atoms with Crippen LogP contribution in [-0.2, 0) is 9.53 Å². The Kier molecular flexibility index (Phi) is 5.92. The summed E-state index contributed by atoms with van der Waals surface area (Å²) in [4.78, 5) is 24.6. The maximum atomic E-state index is 12.7. The summed E-state index contributed by atoms with van der Waals surface area (Å²) in [5, 5.41) is 0.816. The van der Waals surface area contributed by atoms with Crippen molar-refractivity contribution < 1.29 is 23.8 Å². The molecule has 0 aromatic heterocycles. The first kappa shape index (κ1) is 21.2. The number of allylic oxidation sites excluding steroid dienone is 1. The second kappa shape index (κ2) is 8.09. The standard InChI is InChI=1S/C22H20Cl2O5/c1-12-7-14(27-11-19(25)29-22(2,3)4)10-17-20(12)21(26)18(28-17)9-13-5-6-15(23)16(24)8-13/h5-10H,11H2,1-4H3/b18-9-. The highest BCUT2D eigenvalue weighted by atomic mass is 35.5. The average Bonchev–Trinajstić information content (AvgIpc) is 2.91. The summed E-state index contributed by atoms with van der Waals surface area (Å²) >= 11 is 12.0. The summed E-state index contributed by atoms with van der Waals surface area (Å²) in [5.41, 5.74) is 1.24. The van der Waals surface area contributed by atoms with Gasteiger partial charge in [0, 0.05) is 6.07 Å². The molecule has 7 heteroatoms. The van der Waals surface area contributed by atoms with Crippen molar-refractivity contribution in [3.63, 3.8) is 0 Å². The molecule has 0 bridgehead atoms. The molecule has 29 heavy (non-hydrogen) atoms. The summed E-state index contributed by atoms with van der Waals surface area (Å²) in [5.74, 6) is 0.247. The van der Waals surface area contributed by atoms with Gasteiger partial charge in [-0.2, -0.15) is 0 Å². The summed E-state index contributed by atoms with van der Waals surface area (Å²) in [6.45, 7) is 6.89. The Morgan fingerprint density at radius 2 is 1.86 bits per heavy atom. The molecule has 0 saturated heterocycles. The molecule has 2 aromatic carbocycles. The highest BCUT2D eigenvalue weighted by Crippen LogP contribution is 2.38. The lowest BCUT2D eigenvalue weighted by molar-refractivity contribution is -0.157. The van der Waals surface area contributed by atoms with E-state index in [9.17, 15) is 9.59 Å². The first-order valence-corrected chi connectivity index (χ1v) is 9.68. The van der Waals surface area contributed by atoms with E-state index in [0.717, 1.165) is 0 Å². The number of hydrogen-bond donors (Lipinski definition) is 0. The van der Waals surface area contributed by atoms with Gasteiger partial charge in [-0.25, -0.2) is 4.79 Å². The summed E-state index contributed by atoms with van der Waals surface area (Å²) < 4.78 is 16.5. The highest BCUT2D eigenvalue weighted by Gasteiger charge is 2.30. The molecule has 0 N–H and O–H groups in total. The number of aryl methyl sites for hydroxylation is 1. The number of carbonyl (C=O) groups is 2. The molecule has 1 heterocycles. The van der Waals surface area contributed by atoms with Crippen LogP contribution in [0.5, 0.6) is 11.5 Å². The SMILES string of the molecule is Cc1cc(OCC(=O)OC(C)(C)C)cc2c1C(=O)/C(=C/c1ccc(Cl)c(Cl)c1)O2. The van der Waals surface area contributed by atoms with E-state index in [4.69, 9.17) is 37.4 Å². The summed E-state index contributed by atoms with van der Waals surface area (Å²) in [6.07, 6.45) is 1.60. The first-order chi connectivity index (χ1) is 13.5. The molecule has 0 atom stereocenters. The van der Waals surface area contributed by atoms with Gasteiger partial charge in [0.1, 0.15) is 17.1 Å². The lowest BCUT2D eigenvalue weighted by Gasteiger charge is -2.19. The zero-order valence-electron chi connectivity index (χ0n) is 16.5. The zero-order chi connectivity index (χ0) is 21.3. The molecule has 152 valence electrons. The van der Waals surface area contributed by atoms with Gasteiger partial charge in [-0.1, -0.05) is 29.3 Å². The van der Waals surface area contributed by atoms with Crippen LogP contribution in [0.1, 0.15) is 42.3 Å². The van der Waals surface area contributed by atoms with Crippen molar-refractivity contribution in [3.8, 4) is 11.5 Å². The number of carbonyl (C=O) groups excluding carboxylic acids is 2. The van der Waals surface area contributed by atoms with E-state index in [0.29, 0.717) is 38.2 Å². The third-order valence-corrected chi connectivity index (χ3v) is 4.70. The molecular formula is C22H20Cl2O5. The molecule has 0 saturated carbocycles. The van der Waals surface area contributed by atoms with Crippen LogP contribution in [0.15, 0.2) is 36.1 Å². The van der Waals surface area contributed by atoms with Crippen LogP contribution in [0.25, 0.3) is 6.08 Å². The quantitative estimate of drug-likeness (QED) is 0.460. The molecule has 1 aliphatic heterocycles. The molecular weight excluding hydrogens is 415 g/mol. The molecule has 5 nitrogen and oxygen atoms in total. The minimum atomic E-state index is -0.589. The smallest absolute Gasteiger partial charge is 0.344 e. The second-order valence-electron chi connectivity index (χ2n) is 7.60. The van der Waals surface area contributed by atoms with E-state index in [1.807, 2.05) is 0 Å². The Morgan fingerprint density at radius 1 is 1.14 bits per heavy atom. The third kappa shape index (κ3) is 5.11. The van der Waals surface area contributed by atoms with Crippen molar-refractivity contribution in [3.05, 3.63) is 62.8 Å². The van der Waals surface area contributed by atoms with Crippen molar-refractivity contribution in [2.75, 3.05) is 6.61 Å². The fraction of sp³-hybridized carbons (Fsp3) is 0.273. The van der Waals surface area contributed by atoms with Crippen LogP contribution in [-0.4, -0.2) is 24.0 Å². The Bertz CT molecular complexity index is 1020. The number of Topliss-reactive ketones (excluding diaryl/α,β-unsaturated/α-hetero) is 1. The predicted molar refractivity (Wildman–Crippen MR) is 112 cm³/mol. The van der Waals surface area contributed by atoms with Crippen molar-refractivity contribution in [2.45, 2.75) is 33.3 Å². The van der Waals surface area contributed by atoms with Gasteiger partial charge in [0.25, 0.3) is 0 Å². The predicted octanol–water partition coefficient (Wildman–Crippen LogP) is 5.64. The van der Waals surface area contributed by atoms with E-state index < -0.39 is 11.6 Å². The van der Waals surface area contributed by atoms with Crippen molar-refractivity contribution in [2.24, 2.45) is 0 Å². The Labute approximate surface area is 179 Å². The molecule has 0 fully saturated rings. The van der Waals surface area contributed by atoms with Gasteiger partial charge in [0.05, 0.1) is 15.6 Å². The zero-order valence-corrected chi connectivity index (χ0v) is 18.0. The number of ketones is 1. The summed E-state index contributed by atoms with van der Waals surface area (Å²) in [6, 6.07) is 8.31. The van der Waals surface area contributed by atoms with Crippen LogP contribution in [0, 0.1) is 6.92 Å². The highest BCUT2D eigenvalue weighted by molar-refractivity contribution is 6.42. The van der Waals surface area contributed by atoms with Crippen LogP contribution >= 0.6 is 23.2 Å². The third-order valence-electron chi connectivity index (χ3n) is 3.96. The fourth-order valence-electron chi connectivity index (χ4n) is 2.83. The number of fused-ring (bicyclic) bond motifs is 1. The van der Waals surface area contributed by atoms with Crippen LogP contribution in [0.4, 0.5) is 0 Å². The van der Waals surface area contributed by atoms with Gasteiger partial charge >= 0.3 is 5.97 Å². The van der Waals surface area contributed by atoms with Gasteiger partial charge in [-0.15, -0.1) is 0 Å². The number of benzene rings is 2. The molecule has 0 amide bonds. The van der Waals surface area contributed by atoms with Gasteiger partial charge in [0.15, 0.2) is 12.4 Å². The number of rotatable bonds is 4. The van der Waals surface area contributed by atoms with E-state index in [1.165, 1.54) is 0 Å². The van der Waals surface area contributed by atoms with Crippen molar-refractivity contribution in [1.82, 2.24) is 0 Å². The fourth-order valence-corrected chi connectivity index (χ4v) is 3.13. The number of esters is 1. The summed E-state index contributed by atoms with van der Waals surface area (Å²) in [7, 11) is 0. The largest absolute Gasteiger partial charge is 0.482 e. The maximum Gasteiger partial charge on any atom is 0.344 e. The van der Waals surface area contributed by atoms with Crippen LogP contribution in [0.2, 0.25) is 10.0 Å². The second-order valence-corrected chi connectivity index (χ2v) is 8.42.